The first-order valence-corrected chi connectivity index (χ1v) is 7.85. The lowest BCUT2D eigenvalue weighted by atomic mass is 10.0. The second kappa shape index (κ2) is 7.57. The molecule has 1 saturated heterocycles. The van der Waals surface area contributed by atoms with Crippen LogP contribution in [0.15, 0.2) is 24.3 Å². The van der Waals surface area contributed by atoms with Gasteiger partial charge in [0.15, 0.2) is 0 Å². The molecule has 2 rings (SSSR count). The number of hydrogen-bond donors (Lipinski definition) is 1. The monoisotopic (exact) mass is 290 g/mol. The lowest BCUT2D eigenvalue weighted by Gasteiger charge is -2.36. The van der Waals surface area contributed by atoms with Crippen LogP contribution in [0.3, 0.4) is 0 Å². The van der Waals surface area contributed by atoms with Crippen molar-refractivity contribution in [3.05, 3.63) is 35.4 Å². The van der Waals surface area contributed by atoms with Crippen LogP contribution in [0.25, 0.3) is 0 Å². The zero-order chi connectivity index (χ0) is 15.2. The van der Waals surface area contributed by atoms with E-state index in [9.17, 15) is 9.90 Å². The Morgan fingerprint density at radius 3 is 2.62 bits per heavy atom. The van der Waals surface area contributed by atoms with Gasteiger partial charge >= 0.3 is 5.97 Å². The van der Waals surface area contributed by atoms with Crippen molar-refractivity contribution in [3.8, 4) is 0 Å². The average molecular weight is 290 g/mol. The van der Waals surface area contributed by atoms with Crippen molar-refractivity contribution < 1.29 is 9.90 Å². The largest absolute Gasteiger partial charge is 0.478 e. The van der Waals surface area contributed by atoms with Crippen LogP contribution in [0.5, 0.6) is 0 Å². The fourth-order valence-electron chi connectivity index (χ4n) is 3.10. The molecular weight excluding hydrogens is 264 g/mol. The van der Waals surface area contributed by atoms with Crippen LogP contribution in [0.2, 0.25) is 0 Å². The summed E-state index contributed by atoms with van der Waals surface area (Å²) in [7, 11) is 2.16. The molecule has 4 nitrogen and oxygen atoms in total. The minimum absolute atomic E-state index is 0.437. The fraction of sp³-hybridized carbons (Fsp3) is 0.588. The van der Waals surface area contributed by atoms with Crippen LogP contribution in [-0.2, 0) is 6.42 Å². The SMILES string of the molecule is CCN1CCC(N(C)CCc2ccccc2C(=O)O)CC1. The molecule has 0 aromatic heterocycles. The topological polar surface area (TPSA) is 43.8 Å². The van der Waals surface area contributed by atoms with E-state index in [4.69, 9.17) is 0 Å². The highest BCUT2D eigenvalue weighted by molar-refractivity contribution is 5.89. The summed E-state index contributed by atoms with van der Waals surface area (Å²) in [5.74, 6) is -0.829. The highest BCUT2D eigenvalue weighted by Gasteiger charge is 2.21. The van der Waals surface area contributed by atoms with Crippen molar-refractivity contribution in [1.29, 1.82) is 0 Å². The summed E-state index contributed by atoms with van der Waals surface area (Å²) in [5.41, 5.74) is 1.37. The number of rotatable bonds is 6. The maximum absolute atomic E-state index is 11.2. The molecule has 1 heterocycles. The maximum Gasteiger partial charge on any atom is 0.335 e. The normalized spacial score (nSPS) is 17.3. The van der Waals surface area contributed by atoms with Gasteiger partial charge in [-0.2, -0.15) is 0 Å². The molecule has 1 aliphatic rings. The van der Waals surface area contributed by atoms with Crippen molar-refractivity contribution in [2.75, 3.05) is 33.2 Å². The third-order valence-corrected chi connectivity index (χ3v) is 4.61. The molecule has 0 aliphatic carbocycles. The predicted octanol–water partition coefficient (Wildman–Crippen LogP) is 2.34. The van der Waals surface area contributed by atoms with Gasteiger partial charge in [0.2, 0.25) is 0 Å². The molecule has 21 heavy (non-hydrogen) atoms. The van der Waals surface area contributed by atoms with E-state index in [2.05, 4.69) is 23.8 Å². The number of carbonyl (C=O) groups is 1. The van der Waals surface area contributed by atoms with E-state index < -0.39 is 5.97 Å². The number of benzene rings is 1. The van der Waals surface area contributed by atoms with Gasteiger partial charge in [-0.25, -0.2) is 4.79 Å². The number of carboxylic acids is 1. The second-order valence-corrected chi connectivity index (χ2v) is 5.86. The van der Waals surface area contributed by atoms with Crippen molar-refractivity contribution in [2.45, 2.75) is 32.2 Å². The van der Waals surface area contributed by atoms with Gasteiger partial charge < -0.3 is 14.9 Å². The Labute approximate surface area is 127 Å². The van der Waals surface area contributed by atoms with E-state index in [1.54, 1.807) is 12.1 Å². The molecule has 1 N–H and O–H groups in total. The van der Waals surface area contributed by atoms with E-state index in [0.29, 0.717) is 11.6 Å². The zero-order valence-electron chi connectivity index (χ0n) is 13.1. The molecule has 1 aliphatic heterocycles. The predicted molar refractivity (Wildman–Crippen MR) is 84.9 cm³/mol. The van der Waals surface area contributed by atoms with Crippen molar-refractivity contribution in [2.24, 2.45) is 0 Å². The summed E-state index contributed by atoms with van der Waals surface area (Å²) in [4.78, 5) is 16.1. The first-order chi connectivity index (χ1) is 10.1. The van der Waals surface area contributed by atoms with Crippen LogP contribution in [0, 0.1) is 0 Å². The Kier molecular flexibility index (Phi) is 5.76. The van der Waals surface area contributed by atoms with Gasteiger partial charge in [-0.3, -0.25) is 0 Å². The Balaban J connectivity index is 1.87. The van der Waals surface area contributed by atoms with Gasteiger partial charge in [-0.05, 0) is 57.6 Å². The molecule has 0 spiro atoms. The molecule has 116 valence electrons. The molecule has 0 radical (unpaired) electrons. The van der Waals surface area contributed by atoms with E-state index in [1.165, 1.54) is 25.9 Å². The smallest absolute Gasteiger partial charge is 0.335 e. The summed E-state index contributed by atoms with van der Waals surface area (Å²) in [6, 6.07) is 7.96. The van der Waals surface area contributed by atoms with Crippen LogP contribution in [-0.4, -0.2) is 60.1 Å². The quantitative estimate of drug-likeness (QED) is 0.873. The molecule has 1 aromatic carbocycles. The van der Waals surface area contributed by atoms with E-state index >= 15 is 0 Å². The molecule has 1 aromatic rings. The summed E-state index contributed by atoms with van der Waals surface area (Å²) in [5, 5.41) is 9.22. The standard InChI is InChI=1S/C17H26N2O2/c1-3-19-12-9-15(10-13-19)18(2)11-8-14-6-4-5-7-16(14)17(20)21/h4-7,15H,3,8-13H2,1-2H3,(H,20,21). The van der Waals surface area contributed by atoms with Crippen LogP contribution < -0.4 is 0 Å². The third-order valence-electron chi connectivity index (χ3n) is 4.61. The van der Waals surface area contributed by atoms with Crippen LogP contribution >= 0.6 is 0 Å². The lowest BCUT2D eigenvalue weighted by molar-refractivity contribution is 0.0695. The molecule has 4 heteroatoms. The summed E-state index contributed by atoms with van der Waals surface area (Å²) in [6.45, 7) is 6.63. The van der Waals surface area contributed by atoms with Crippen molar-refractivity contribution in [3.63, 3.8) is 0 Å². The van der Waals surface area contributed by atoms with Gasteiger partial charge in [-0.15, -0.1) is 0 Å². The fourth-order valence-corrected chi connectivity index (χ4v) is 3.10. The molecule has 0 saturated carbocycles. The minimum Gasteiger partial charge on any atom is -0.478 e. The lowest BCUT2D eigenvalue weighted by Crippen LogP contribution is -2.43. The zero-order valence-corrected chi connectivity index (χ0v) is 13.1. The molecule has 0 atom stereocenters. The highest BCUT2D eigenvalue weighted by Crippen LogP contribution is 2.16. The number of likely N-dealkylation sites (N-methyl/N-ethyl adjacent to an activating group) is 1. The molecule has 0 unspecified atom stereocenters. The molecular formula is C17H26N2O2. The average Bonchev–Trinajstić information content (AvgIpc) is 2.52. The second-order valence-electron chi connectivity index (χ2n) is 5.86. The van der Waals surface area contributed by atoms with Crippen molar-refractivity contribution >= 4 is 5.97 Å². The minimum atomic E-state index is -0.829. The van der Waals surface area contributed by atoms with Gasteiger partial charge in [0, 0.05) is 12.6 Å². The van der Waals surface area contributed by atoms with E-state index in [-0.39, 0.29) is 0 Å². The van der Waals surface area contributed by atoms with Crippen LogP contribution in [0.4, 0.5) is 0 Å². The van der Waals surface area contributed by atoms with E-state index in [1.807, 2.05) is 12.1 Å². The van der Waals surface area contributed by atoms with Gasteiger partial charge in [-0.1, -0.05) is 25.1 Å². The molecule has 1 fully saturated rings. The summed E-state index contributed by atoms with van der Waals surface area (Å²) in [6.07, 6.45) is 3.23. The summed E-state index contributed by atoms with van der Waals surface area (Å²) < 4.78 is 0. The Morgan fingerprint density at radius 1 is 1.33 bits per heavy atom. The first-order valence-electron chi connectivity index (χ1n) is 7.85. The number of carboxylic acid groups (broad SMARTS) is 1. The number of piperidine rings is 1. The van der Waals surface area contributed by atoms with Gasteiger partial charge in [0.25, 0.3) is 0 Å². The Hall–Kier alpha value is -1.39. The van der Waals surface area contributed by atoms with Crippen LogP contribution in [0.1, 0.15) is 35.7 Å². The molecule has 0 amide bonds. The van der Waals surface area contributed by atoms with Crippen molar-refractivity contribution in [1.82, 2.24) is 9.80 Å². The first kappa shape index (κ1) is 16.0. The highest BCUT2D eigenvalue weighted by atomic mass is 16.4. The van der Waals surface area contributed by atoms with E-state index in [0.717, 1.165) is 25.1 Å². The number of nitrogens with zero attached hydrogens (tertiary/aromatic N) is 2. The number of aromatic carboxylic acids is 1. The van der Waals surface area contributed by atoms with Gasteiger partial charge in [0.05, 0.1) is 5.56 Å². The Bertz CT molecular complexity index is 468. The summed E-state index contributed by atoms with van der Waals surface area (Å²) >= 11 is 0. The Morgan fingerprint density at radius 2 is 2.00 bits per heavy atom. The molecule has 0 bridgehead atoms. The third kappa shape index (κ3) is 4.29. The number of likely N-dealkylation sites (tertiary alicyclic amines) is 1. The van der Waals surface area contributed by atoms with Gasteiger partial charge in [0.1, 0.15) is 0 Å². The number of hydrogen-bond acceptors (Lipinski definition) is 3. The maximum atomic E-state index is 11.2.